The Morgan fingerprint density at radius 2 is 1.20 bits per heavy atom. The van der Waals surface area contributed by atoms with Crippen LogP contribution in [-0.4, -0.2) is 275 Å². The van der Waals surface area contributed by atoms with Crippen molar-refractivity contribution in [2.75, 3.05) is 66.6 Å². The number of carboxylic acids is 1. The molecule has 2 saturated heterocycles. The molecule has 0 radical (unpaired) electrons. The van der Waals surface area contributed by atoms with Gasteiger partial charge in [0.25, 0.3) is 0 Å². The van der Waals surface area contributed by atoms with Crippen LogP contribution >= 0.6 is 94.6 Å². The number of phenolic OH excluding ortho intramolecular Hbond substituents is 2. The summed E-state index contributed by atoms with van der Waals surface area (Å²) in [6.07, 6.45) is -3.98. The molecule has 2 aliphatic rings. The first-order valence-corrected chi connectivity index (χ1v) is 40.6. The monoisotopic (exact) mass is 1650 g/mol. The van der Waals surface area contributed by atoms with E-state index in [1.54, 1.807) is 0 Å². The van der Waals surface area contributed by atoms with Gasteiger partial charge in [-0.1, -0.05) is 63.6 Å². The van der Waals surface area contributed by atoms with Crippen molar-refractivity contribution >= 4 is 188 Å². The van der Waals surface area contributed by atoms with Gasteiger partial charge in [-0.2, -0.15) is 50.5 Å². The minimum absolute atomic E-state index is 0.00319. The van der Waals surface area contributed by atoms with Crippen LogP contribution in [0, 0.1) is 0 Å². The Kier molecular flexibility index (Phi) is 41.6. The average molecular weight is 1650 g/mol. The Morgan fingerprint density at radius 3 is 1.77 bits per heavy atom. The minimum atomic E-state index is -1.69. The maximum Gasteiger partial charge on any atom is 0.303 e. The molecule has 592 valence electrons. The van der Waals surface area contributed by atoms with Gasteiger partial charge in [0.1, 0.15) is 47.8 Å². The molecule has 107 heavy (non-hydrogen) atoms. The normalized spacial score (nSPS) is 17.7. The molecule has 35 nitrogen and oxygen atoms in total. The highest BCUT2D eigenvalue weighted by atomic mass is 33.1. The van der Waals surface area contributed by atoms with Gasteiger partial charge in [-0.05, 0) is 81.3 Å². The summed E-state index contributed by atoms with van der Waals surface area (Å²) in [5.74, 6) is -15.9. The predicted molar refractivity (Wildman–Crippen MR) is 414 cm³/mol. The van der Waals surface area contributed by atoms with E-state index >= 15 is 0 Å². The first kappa shape index (κ1) is 93.1. The maximum atomic E-state index is 14.3. The Labute approximate surface area is 655 Å². The van der Waals surface area contributed by atoms with Crippen LogP contribution < -0.4 is 70.6 Å². The zero-order valence-electron chi connectivity index (χ0n) is 58.5. The number of nitrogens with two attached hydrogens (primary N) is 2. The number of likely N-dealkylation sites (tertiary alicyclic amines) is 1. The van der Waals surface area contributed by atoms with Gasteiger partial charge in [0.2, 0.25) is 70.1 Å². The molecular weight excluding hydrogens is 1560 g/mol. The number of nitrogens with zero attached hydrogens (tertiary/aromatic N) is 2. The molecule has 43 heteroatoms. The standard InChI is InChI=1S/C64H93N15O20S8/c1-4-106-107-29-47(79-30-69-45(28-105-104)64(79)99)60(95)56(91)38(15-16-53(88)89)72-73-39(19-34-9-13-36(82)14-10-34)61(96)71-43(26-102)58(93)59(94)44(27-103)76-74-40(20-51(66)86)63(98)78-17-5-6-46(78)49(84)21-48(83)31(2)67-22-50(85)41(24-100)75-77-54(32(3)80)62(97)68-23-52(87)70-42(25-101)57(92)55(90)37(65)18-33-7-11-35(81)12-8-33/h7-14,31-32,37-47,54,67,69,72-77,80-82,100-104H,4-6,15-30,65H2,1-3H3,(H2,66,86)(H,68,97)(H,70,87)(H,71,96)(H,88,89)/t31-,32+,37-,38-,39-,40-,41-,42-,43-,44-,45?,46-,47?,54-/m0/s1. The first-order valence-electron chi connectivity index (χ1n) is 33.5. The van der Waals surface area contributed by atoms with Crippen molar-refractivity contribution in [2.24, 2.45) is 11.5 Å². The highest BCUT2D eigenvalue weighted by Crippen LogP contribution is 2.27. The van der Waals surface area contributed by atoms with Crippen molar-refractivity contribution in [2.45, 2.75) is 157 Å². The molecule has 2 unspecified atom stereocenters. The van der Waals surface area contributed by atoms with Crippen LogP contribution in [-0.2, 0) is 89.6 Å². The van der Waals surface area contributed by atoms with Crippen LogP contribution in [0.15, 0.2) is 48.5 Å². The summed E-state index contributed by atoms with van der Waals surface area (Å²) in [5.41, 5.74) is 28.0. The van der Waals surface area contributed by atoms with E-state index < -0.39 is 228 Å². The number of aliphatic hydroxyl groups is 1. The van der Waals surface area contributed by atoms with E-state index in [0.29, 0.717) is 16.9 Å². The smallest absolute Gasteiger partial charge is 0.303 e. The Morgan fingerprint density at radius 1 is 0.654 bits per heavy atom. The molecule has 2 aliphatic heterocycles. The van der Waals surface area contributed by atoms with E-state index in [-0.39, 0.29) is 73.4 Å². The second kappa shape index (κ2) is 47.7. The largest absolute Gasteiger partial charge is 0.508 e. The van der Waals surface area contributed by atoms with E-state index in [1.807, 2.05) is 6.92 Å². The molecular formula is C64H93N15O20S8. The summed E-state index contributed by atoms with van der Waals surface area (Å²) in [7, 11) is 3.72. The average Bonchev–Trinajstić information content (AvgIpc) is 1.72. The van der Waals surface area contributed by atoms with Crippen LogP contribution in [0.3, 0.4) is 0 Å². The molecule has 6 amide bonds. The molecule has 0 saturated carbocycles. The van der Waals surface area contributed by atoms with Crippen LogP contribution in [0.2, 0.25) is 0 Å². The number of Topliss-reactive ketones (excluding diaryl/α,β-unsaturated/α-hetero) is 9. The van der Waals surface area contributed by atoms with Crippen LogP contribution in [0.25, 0.3) is 0 Å². The van der Waals surface area contributed by atoms with Crippen molar-refractivity contribution < 1.29 is 97.1 Å². The number of carbonyl (C=O) groups excluding carboxylic acids is 15. The topological polar surface area (TPSA) is 545 Å². The van der Waals surface area contributed by atoms with Gasteiger partial charge in [-0.15, -0.1) is 11.7 Å². The fourth-order valence-electron chi connectivity index (χ4n) is 10.7. The predicted octanol–water partition coefficient (Wildman–Crippen LogP) is -4.78. The van der Waals surface area contributed by atoms with Crippen molar-refractivity contribution in [1.82, 2.24) is 68.9 Å². The molecule has 14 atom stereocenters. The minimum Gasteiger partial charge on any atom is -0.508 e. The molecule has 0 bridgehead atoms. The van der Waals surface area contributed by atoms with Gasteiger partial charge >= 0.3 is 5.97 Å². The van der Waals surface area contributed by atoms with E-state index in [0.717, 1.165) is 15.7 Å². The van der Waals surface area contributed by atoms with E-state index in [4.69, 9.17) is 11.5 Å². The number of amides is 6. The van der Waals surface area contributed by atoms with Crippen LogP contribution in [0.5, 0.6) is 11.5 Å². The summed E-state index contributed by atoms with van der Waals surface area (Å²) in [6, 6.07) is -6.37. The van der Waals surface area contributed by atoms with Gasteiger partial charge in [0.05, 0.1) is 81.0 Å². The SMILES string of the molecule is CCSSCC(C(=O)C(=O)[C@H](CCC(=O)O)NN[C@@H](Cc1ccc(O)cc1)C(=O)N[C@@H](CS)C(=O)C(=O)[C@H](CS)NN[C@@H](CC(N)=O)C(=O)N1CCC[C@H]1C(=O)CC(=O)[C@H](C)NCC(=O)[C@H](CS)NN[C@H](C(=O)NCC(=O)N[C@@H](CS)C(=O)C(=O)[C@@H](N)Cc1ccc(O)cc1)[C@@H](C)O)N1CNC(CSS)C1=O. The number of phenols is 2. The second-order valence-electron chi connectivity index (χ2n) is 24.7. The van der Waals surface area contributed by atoms with E-state index in [2.05, 4.69) is 121 Å². The summed E-state index contributed by atoms with van der Waals surface area (Å²) in [5, 5.41) is 52.4. The molecule has 19 N–H and O–H groups in total. The van der Waals surface area contributed by atoms with E-state index in [9.17, 15) is 97.1 Å². The fourth-order valence-corrected chi connectivity index (χ4v) is 14.5. The highest BCUT2D eigenvalue weighted by Gasteiger charge is 2.44. The summed E-state index contributed by atoms with van der Waals surface area (Å²) < 4.78 is 0. The Balaban J connectivity index is 1.36. The number of carboxylic acid groups (broad SMARTS) is 1. The van der Waals surface area contributed by atoms with E-state index in [1.165, 1.54) is 88.9 Å². The van der Waals surface area contributed by atoms with Crippen molar-refractivity contribution in [3.63, 3.8) is 0 Å². The van der Waals surface area contributed by atoms with Crippen molar-refractivity contribution in [3.05, 3.63) is 59.7 Å². The first-order chi connectivity index (χ1) is 50.7. The van der Waals surface area contributed by atoms with Crippen molar-refractivity contribution in [1.29, 1.82) is 0 Å². The summed E-state index contributed by atoms with van der Waals surface area (Å²) in [4.78, 5) is 218. The number of ketones is 9. The van der Waals surface area contributed by atoms with Gasteiger partial charge < -0.3 is 63.0 Å². The second-order valence-corrected chi connectivity index (χ2v) is 30.3. The number of aliphatic hydroxyl groups excluding tert-OH is 1. The number of hydrogen-bond donors (Lipinski definition) is 22. The number of aromatic hydroxyl groups is 2. The lowest BCUT2D eigenvalue weighted by Crippen LogP contribution is -2.61. The zero-order chi connectivity index (χ0) is 79.8. The summed E-state index contributed by atoms with van der Waals surface area (Å²) in [6.45, 7) is 3.13. The molecule has 0 aromatic heterocycles. The third-order valence-corrected chi connectivity index (χ3v) is 21.6. The van der Waals surface area contributed by atoms with Gasteiger partial charge in [0, 0.05) is 53.2 Å². The lowest BCUT2D eigenvalue weighted by Gasteiger charge is -2.29. The number of hydrogen-bond acceptors (Lipinski definition) is 36. The van der Waals surface area contributed by atoms with Gasteiger partial charge in [0.15, 0.2) is 17.3 Å². The number of carbonyl (C=O) groups is 16. The quantitative estimate of drug-likeness (QED) is 0.00738. The number of hydrazine groups is 3. The van der Waals surface area contributed by atoms with Gasteiger partial charge in [-0.3, -0.25) is 82.0 Å². The van der Waals surface area contributed by atoms with Crippen LogP contribution in [0.1, 0.15) is 70.4 Å². The number of benzene rings is 2. The van der Waals surface area contributed by atoms with Crippen molar-refractivity contribution in [3.8, 4) is 11.5 Å². The van der Waals surface area contributed by atoms with Gasteiger partial charge in [-0.25, -0.2) is 32.6 Å². The maximum absolute atomic E-state index is 14.3. The summed E-state index contributed by atoms with van der Waals surface area (Å²) >= 11 is 20.9. The molecule has 0 aliphatic carbocycles. The molecule has 2 aromatic carbocycles. The molecule has 0 spiro atoms. The lowest BCUT2D eigenvalue weighted by atomic mass is 9.98. The number of thiol groups is 5. The molecule has 2 fully saturated rings. The molecule has 2 heterocycles. The number of primary amides is 1. The molecule has 2 aromatic rings. The number of nitrogens with one attached hydrogen (secondary N) is 11. The highest BCUT2D eigenvalue weighted by molar-refractivity contribution is 8.76. The third kappa shape index (κ3) is 29.8. The lowest BCUT2D eigenvalue weighted by molar-refractivity contribution is -0.144. The molecule has 4 rings (SSSR count). The number of aliphatic carboxylic acids is 1. The third-order valence-electron chi connectivity index (χ3n) is 16.8. The van der Waals surface area contributed by atoms with Crippen LogP contribution in [0.4, 0.5) is 0 Å². The number of rotatable bonds is 54. The zero-order valence-corrected chi connectivity index (χ0v) is 65.4. The fraction of sp³-hybridized carbons (Fsp3) is 0.562. The Hall–Kier alpha value is -6.24. The Bertz CT molecular complexity index is 3470.